The van der Waals surface area contributed by atoms with E-state index in [9.17, 15) is 19.2 Å². The number of nitrogens with one attached hydrogen (secondary N) is 2. The Morgan fingerprint density at radius 1 is 1.31 bits per heavy atom. The van der Waals surface area contributed by atoms with Crippen molar-refractivity contribution in [3.05, 3.63) is 24.3 Å². The average molecular weight is 363 g/mol. The number of carbonyl (C=O) groups excluding carboxylic acids is 4. The Balaban J connectivity index is 1.84. The van der Waals surface area contributed by atoms with Gasteiger partial charge >= 0.3 is 12.0 Å². The molecule has 2 rings (SSSR count). The van der Waals surface area contributed by atoms with Crippen molar-refractivity contribution in [2.75, 3.05) is 25.6 Å². The number of imide groups is 1. The van der Waals surface area contributed by atoms with Crippen molar-refractivity contribution in [2.45, 2.75) is 25.8 Å². The molecule has 0 spiro atoms. The van der Waals surface area contributed by atoms with E-state index < -0.39 is 42.5 Å². The summed E-state index contributed by atoms with van der Waals surface area (Å²) in [5, 5.41) is 5.08. The van der Waals surface area contributed by atoms with E-state index in [1.54, 1.807) is 38.1 Å². The maximum atomic E-state index is 12.2. The van der Waals surface area contributed by atoms with Gasteiger partial charge in [-0.05, 0) is 25.5 Å². The second-order valence-corrected chi connectivity index (χ2v) is 5.95. The topological polar surface area (TPSA) is 114 Å². The third kappa shape index (κ3) is 4.29. The third-order valence-corrected chi connectivity index (χ3v) is 4.06. The summed E-state index contributed by atoms with van der Waals surface area (Å²) >= 11 is 0. The molecule has 9 heteroatoms. The monoisotopic (exact) mass is 363 g/mol. The summed E-state index contributed by atoms with van der Waals surface area (Å²) in [4.78, 5) is 48.5. The number of nitrogens with zero attached hydrogens (tertiary/aromatic N) is 1. The van der Waals surface area contributed by atoms with Gasteiger partial charge in [0.2, 0.25) is 0 Å². The van der Waals surface area contributed by atoms with Crippen LogP contribution >= 0.6 is 0 Å². The molecule has 1 atom stereocenters. The van der Waals surface area contributed by atoms with E-state index in [1.165, 1.54) is 7.11 Å². The highest BCUT2D eigenvalue weighted by Gasteiger charge is 2.47. The van der Waals surface area contributed by atoms with Crippen LogP contribution in [0.3, 0.4) is 0 Å². The highest BCUT2D eigenvalue weighted by atomic mass is 16.5. The van der Waals surface area contributed by atoms with Crippen molar-refractivity contribution in [3.63, 3.8) is 0 Å². The van der Waals surface area contributed by atoms with Crippen LogP contribution < -0.4 is 15.4 Å². The quantitative estimate of drug-likeness (QED) is 0.549. The van der Waals surface area contributed by atoms with Gasteiger partial charge in [-0.3, -0.25) is 19.3 Å². The van der Waals surface area contributed by atoms with Crippen molar-refractivity contribution in [1.82, 2.24) is 10.2 Å². The van der Waals surface area contributed by atoms with E-state index in [-0.39, 0.29) is 0 Å². The first-order valence-corrected chi connectivity index (χ1v) is 8.02. The highest BCUT2D eigenvalue weighted by Crippen LogP contribution is 2.20. The minimum Gasteiger partial charge on any atom is -0.497 e. The predicted octanol–water partition coefficient (Wildman–Crippen LogP) is 0.897. The van der Waals surface area contributed by atoms with Gasteiger partial charge in [0, 0.05) is 11.8 Å². The molecule has 1 fully saturated rings. The van der Waals surface area contributed by atoms with Gasteiger partial charge in [-0.1, -0.05) is 13.0 Å². The molecule has 0 aromatic heterocycles. The fraction of sp³-hybridized carbons (Fsp3) is 0.412. The van der Waals surface area contributed by atoms with E-state index in [4.69, 9.17) is 9.47 Å². The lowest BCUT2D eigenvalue weighted by Gasteiger charge is -2.18. The number of benzene rings is 1. The molecule has 0 unspecified atom stereocenters. The summed E-state index contributed by atoms with van der Waals surface area (Å²) in [5.74, 6) is -1.34. The molecule has 26 heavy (non-hydrogen) atoms. The van der Waals surface area contributed by atoms with Gasteiger partial charge in [0.1, 0.15) is 17.8 Å². The van der Waals surface area contributed by atoms with Gasteiger partial charge in [0.25, 0.3) is 11.8 Å². The van der Waals surface area contributed by atoms with Crippen molar-refractivity contribution >= 4 is 29.5 Å². The number of hydrogen-bond donors (Lipinski definition) is 2. The number of rotatable bonds is 7. The summed E-state index contributed by atoms with van der Waals surface area (Å²) < 4.78 is 9.88. The zero-order valence-electron chi connectivity index (χ0n) is 14.8. The summed E-state index contributed by atoms with van der Waals surface area (Å²) in [7, 11) is 1.50. The first-order valence-electron chi connectivity index (χ1n) is 8.02. The second kappa shape index (κ2) is 7.85. The van der Waals surface area contributed by atoms with E-state index in [0.717, 1.165) is 4.90 Å². The molecule has 1 heterocycles. The molecule has 0 radical (unpaired) electrons. The molecule has 2 N–H and O–H groups in total. The van der Waals surface area contributed by atoms with Crippen molar-refractivity contribution in [2.24, 2.45) is 0 Å². The van der Waals surface area contributed by atoms with Gasteiger partial charge < -0.3 is 20.1 Å². The van der Waals surface area contributed by atoms with E-state index >= 15 is 0 Å². The fourth-order valence-electron chi connectivity index (χ4n) is 2.35. The molecule has 0 bridgehead atoms. The molecule has 0 aliphatic carbocycles. The molecule has 140 valence electrons. The zero-order chi connectivity index (χ0) is 19.3. The standard InChI is InChI=1S/C17H21N3O6/c1-4-17(2)15(23)20(16(24)19-17)9-14(22)26-10-13(21)18-11-6-5-7-12(8-11)25-3/h5-8H,4,9-10H2,1-3H3,(H,18,21)(H,19,24)/t17-/m0/s1. The Morgan fingerprint density at radius 3 is 2.65 bits per heavy atom. The molecule has 1 aliphatic heterocycles. The third-order valence-electron chi connectivity index (χ3n) is 4.06. The Labute approximate surface area is 150 Å². The minimum atomic E-state index is -1.03. The second-order valence-electron chi connectivity index (χ2n) is 5.95. The fourth-order valence-corrected chi connectivity index (χ4v) is 2.35. The molecule has 0 saturated carbocycles. The van der Waals surface area contributed by atoms with Gasteiger partial charge in [0.05, 0.1) is 7.11 Å². The number of amides is 4. The predicted molar refractivity (Wildman–Crippen MR) is 91.5 cm³/mol. The number of carbonyl (C=O) groups is 4. The van der Waals surface area contributed by atoms with Gasteiger partial charge in [-0.2, -0.15) is 0 Å². The molecule has 1 aliphatic rings. The summed E-state index contributed by atoms with van der Waals surface area (Å²) in [6.45, 7) is 2.25. The van der Waals surface area contributed by atoms with Crippen molar-refractivity contribution in [1.29, 1.82) is 0 Å². The smallest absolute Gasteiger partial charge is 0.326 e. The summed E-state index contributed by atoms with van der Waals surface area (Å²) in [5.41, 5.74) is -0.542. The Kier molecular flexibility index (Phi) is 5.81. The Morgan fingerprint density at radius 2 is 2.04 bits per heavy atom. The molecule has 1 aromatic carbocycles. The maximum Gasteiger partial charge on any atom is 0.326 e. The molecule has 9 nitrogen and oxygen atoms in total. The molecule has 4 amide bonds. The minimum absolute atomic E-state index is 0.395. The SMILES string of the molecule is CC[C@]1(C)NC(=O)N(CC(=O)OCC(=O)Nc2cccc(OC)c2)C1=O. The molecular formula is C17H21N3O6. The summed E-state index contributed by atoms with van der Waals surface area (Å²) in [6.07, 6.45) is 0.395. The number of urea groups is 1. The van der Waals surface area contributed by atoms with E-state index in [2.05, 4.69) is 10.6 Å². The highest BCUT2D eigenvalue weighted by molar-refractivity contribution is 6.08. The van der Waals surface area contributed by atoms with Crippen LogP contribution in [0.4, 0.5) is 10.5 Å². The van der Waals surface area contributed by atoms with Crippen LogP contribution in [0.25, 0.3) is 0 Å². The lowest BCUT2D eigenvalue weighted by molar-refractivity contribution is -0.150. The molecule has 1 aromatic rings. The van der Waals surface area contributed by atoms with Crippen molar-refractivity contribution < 1.29 is 28.7 Å². The van der Waals surface area contributed by atoms with Crippen LogP contribution in [0.2, 0.25) is 0 Å². The number of hydrogen-bond acceptors (Lipinski definition) is 6. The average Bonchev–Trinajstić information content (AvgIpc) is 2.84. The number of ether oxygens (including phenoxy) is 2. The van der Waals surface area contributed by atoms with Crippen LogP contribution in [-0.4, -0.2) is 54.5 Å². The lowest BCUT2D eigenvalue weighted by atomic mass is 9.99. The largest absolute Gasteiger partial charge is 0.497 e. The molecule has 1 saturated heterocycles. The summed E-state index contributed by atoms with van der Waals surface area (Å²) in [6, 6.07) is 6.03. The van der Waals surface area contributed by atoms with Crippen LogP contribution in [0.15, 0.2) is 24.3 Å². The normalized spacial score (nSPS) is 19.1. The Hall–Kier alpha value is -3.10. The van der Waals surface area contributed by atoms with Gasteiger partial charge in [0.15, 0.2) is 6.61 Å². The van der Waals surface area contributed by atoms with Crippen LogP contribution in [0.1, 0.15) is 20.3 Å². The first-order chi connectivity index (χ1) is 12.3. The number of methoxy groups -OCH3 is 1. The number of anilines is 1. The number of esters is 1. The lowest BCUT2D eigenvalue weighted by Crippen LogP contribution is -2.43. The zero-order valence-corrected chi connectivity index (χ0v) is 14.8. The van der Waals surface area contributed by atoms with Gasteiger partial charge in [-0.25, -0.2) is 4.79 Å². The van der Waals surface area contributed by atoms with E-state index in [0.29, 0.717) is 17.9 Å². The van der Waals surface area contributed by atoms with E-state index in [1.807, 2.05) is 0 Å². The van der Waals surface area contributed by atoms with Crippen LogP contribution in [0.5, 0.6) is 5.75 Å². The van der Waals surface area contributed by atoms with Crippen molar-refractivity contribution in [3.8, 4) is 5.75 Å². The maximum absolute atomic E-state index is 12.2. The van der Waals surface area contributed by atoms with Crippen LogP contribution in [0, 0.1) is 0 Å². The van der Waals surface area contributed by atoms with Gasteiger partial charge in [-0.15, -0.1) is 0 Å². The Bertz CT molecular complexity index is 735. The first kappa shape index (κ1) is 19.2. The molecular weight excluding hydrogens is 342 g/mol. The van der Waals surface area contributed by atoms with Crippen LogP contribution in [-0.2, 0) is 19.1 Å².